The Bertz CT molecular complexity index is 667. The van der Waals surface area contributed by atoms with Gasteiger partial charge in [-0.25, -0.2) is 0 Å². The van der Waals surface area contributed by atoms with Gasteiger partial charge < -0.3 is 13.9 Å². The molecule has 0 fully saturated rings. The van der Waals surface area contributed by atoms with E-state index in [1.54, 1.807) is 18.2 Å². The summed E-state index contributed by atoms with van der Waals surface area (Å²) in [7, 11) is 1.50. The smallest absolute Gasteiger partial charge is 0.272 e. The molecule has 1 aromatic carbocycles. The average Bonchev–Trinajstić information content (AvgIpc) is 3.12. The third kappa shape index (κ3) is 4.26. The molecule has 0 aliphatic carbocycles. The standard InChI is InChI=1S/C16H18N2O5/c1-3-7-23-13-5-4-11(9-14(13)21-2)15(19)17-18-16(20)12-6-8-22-10-12/h4-6,8-10H,3,7H2,1-2H3,(H,17,19)(H,18,20). The van der Waals surface area contributed by atoms with Gasteiger partial charge in [0.15, 0.2) is 11.5 Å². The third-order valence-electron chi connectivity index (χ3n) is 2.96. The SMILES string of the molecule is CCCOc1ccc(C(=O)NNC(=O)c2ccoc2)cc1OC. The van der Waals surface area contributed by atoms with Gasteiger partial charge in [-0.3, -0.25) is 20.4 Å². The van der Waals surface area contributed by atoms with Crippen LogP contribution in [-0.2, 0) is 0 Å². The van der Waals surface area contributed by atoms with Gasteiger partial charge in [-0.1, -0.05) is 6.92 Å². The van der Waals surface area contributed by atoms with Crippen molar-refractivity contribution in [1.82, 2.24) is 10.9 Å². The van der Waals surface area contributed by atoms with E-state index < -0.39 is 11.8 Å². The molecule has 0 aliphatic rings. The summed E-state index contributed by atoms with van der Waals surface area (Å²) < 4.78 is 15.5. The highest BCUT2D eigenvalue weighted by molar-refractivity contribution is 5.99. The van der Waals surface area contributed by atoms with E-state index in [2.05, 4.69) is 10.9 Å². The summed E-state index contributed by atoms with van der Waals surface area (Å²) in [6.07, 6.45) is 3.52. The van der Waals surface area contributed by atoms with Crippen molar-refractivity contribution in [3.63, 3.8) is 0 Å². The monoisotopic (exact) mass is 318 g/mol. The van der Waals surface area contributed by atoms with E-state index in [9.17, 15) is 9.59 Å². The molecular formula is C16H18N2O5. The van der Waals surface area contributed by atoms with Crippen LogP contribution >= 0.6 is 0 Å². The topological polar surface area (TPSA) is 89.8 Å². The summed E-state index contributed by atoms with van der Waals surface area (Å²) in [5.41, 5.74) is 5.27. The van der Waals surface area contributed by atoms with Crippen molar-refractivity contribution in [2.24, 2.45) is 0 Å². The van der Waals surface area contributed by atoms with Crippen LogP contribution in [-0.4, -0.2) is 25.5 Å². The Morgan fingerprint density at radius 2 is 1.83 bits per heavy atom. The van der Waals surface area contributed by atoms with E-state index in [0.717, 1.165) is 6.42 Å². The minimum atomic E-state index is -0.470. The predicted molar refractivity (Wildman–Crippen MR) is 82.4 cm³/mol. The highest BCUT2D eigenvalue weighted by atomic mass is 16.5. The molecule has 0 radical (unpaired) electrons. The summed E-state index contributed by atoms with van der Waals surface area (Å²) in [6.45, 7) is 2.56. The van der Waals surface area contributed by atoms with Crippen LogP contribution in [0.2, 0.25) is 0 Å². The Labute approximate surface area is 133 Å². The molecule has 122 valence electrons. The van der Waals surface area contributed by atoms with Gasteiger partial charge in [-0.2, -0.15) is 0 Å². The van der Waals surface area contributed by atoms with Crippen LogP contribution < -0.4 is 20.3 Å². The fourth-order valence-electron chi connectivity index (χ4n) is 1.79. The second kappa shape index (κ2) is 7.88. The third-order valence-corrected chi connectivity index (χ3v) is 2.96. The summed E-state index contributed by atoms with van der Waals surface area (Å²) in [6, 6.07) is 6.28. The summed E-state index contributed by atoms with van der Waals surface area (Å²) in [5.74, 6) is 0.0738. The number of furan rings is 1. The fraction of sp³-hybridized carbons (Fsp3) is 0.250. The zero-order valence-electron chi connectivity index (χ0n) is 12.9. The number of hydrogen-bond donors (Lipinski definition) is 2. The Hall–Kier alpha value is -2.96. The number of carbonyl (C=O) groups is 2. The molecule has 2 aromatic rings. The molecule has 0 atom stereocenters. The molecule has 0 spiro atoms. The fourth-order valence-corrected chi connectivity index (χ4v) is 1.79. The number of benzene rings is 1. The minimum absolute atomic E-state index is 0.311. The van der Waals surface area contributed by atoms with E-state index in [0.29, 0.717) is 29.2 Å². The lowest BCUT2D eigenvalue weighted by atomic mass is 10.2. The van der Waals surface area contributed by atoms with E-state index >= 15 is 0 Å². The predicted octanol–water partition coefficient (Wildman–Crippen LogP) is 2.15. The summed E-state index contributed by atoms with van der Waals surface area (Å²) >= 11 is 0. The first-order chi connectivity index (χ1) is 11.2. The average molecular weight is 318 g/mol. The normalized spacial score (nSPS) is 10.0. The molecule has 1 aromatic heterocycles. The van der Waals surface area contributed by atoms with Gasteiger partial charge in [0.25, 0.3) is 11.8 Å². The number of hydrogen-bond acceptors (Lipinski definition) is 5. The van der Waals surface area contributed by atoms with Crippen LogP contribution in [0.4, 0.5) is 0 Å². The molecule has 23 heavy (non-hydrogen) atoms. The lowest BCUT2D eigenvalue weighted by Crippen LogP contribution is -2.41. The Morgan fingerprint density at radius 1 is 1.09 bits per heavy atom. The molecule has 7 heteroatoms. The minimum Gasteiger partial charge on any atom is -0.493 e. The van der Waals surface area contributed by atoms with Gasteiger partial charge in [-0.05, 0) is 30.7 Å². The lowest BCUT2D eigenvalue weighted by Gasteiger charge is -2.12. The van der Waals surface area contributed by atoms with Crippen molar-refractivity contribution in [3.05, 3.63) is 47.9 Å². The number of ether oxygens (including phenoxy) is 2. The van der Waals surface area contributed by atoms with E-state index in [1.807, 2.05) is 6.92 Å². The maximum absolute atomic E-state index is 12.1. The van der Waals surface area contributed by atoms with Crippen molar-refractivity contribution >= 4 is 11.8 Å². The molecule has 0 saturated carbocycles. The van der Waals surface area contributed by atoms with Crippen LogP contribution in [0, 0.1) is 0 Å². The number of carbonyl (C=O) groups excluding carboxylic acids is 2. The van der Waals surface area contributed by atoms with Crippen molar-refractivity contribution in [2.45, 2.75) is 13.3 Å². The number of amides is 2. The summed E-state index contributed by atoms with van der Waals surface area (Å²) in [5, 5.41) is 0. The highest BCUT2D eigenvalue weighted by Crippen LogP contribution is 2.28. The number of nitrogens with one attached hydrogen (secondary N) is 2. The largest absolute Gasteiger partial charge is 0.493 e. The van der Waals surface area contributed by atoms with Crippen LogP contribution in [0.1, 0.15) is 34.1 Å². The Kier molecular flexibility index (Phi) is 5.62. The first-order valence-electron chi connectivity index (χ1n) is 7.09. The van der Waals surface area contributed by atoms with Gasteiger partial charge in [0.1, 0.15) is 6.26 Å². The highest BCUT2D eigenvalue weighted by Gasteiger charge is 2.13. The molecule has 2 rings (SSSR count). The Morgan fingerprint density at radius 3 is 2.43 bits per heavy atom. The maximum Gasteiger partial charge on any atom is 0.272 e. The molecule has 0 bridgehead atoms. The second-order valence-corrected chi connectivity index (χ2v) is 4.63. The number of rotatable bonds is 6. The molecule has 0 unspecified atom stereocenters. The van der Waals surface area contributed by atoms with Gasteiger partial charge in [-0.15, -0.1) is 0 Å². The van der Waals surface area contributed by atoms with Crippen LogP contribution in [0.15, 0.2) is 41.2 Å². The second-order valence-electron chi connectivity index (χ2n) is 4.63. The van der Waals surface area contributed by atoms with Crippen molar-refractivity contribution in [2.75, 3.05) is 13.7 Å². The molecule has 0 aliphatic heterocycles. The molecule has 7 nitrogen and oxygen atoms in total. The van der Waals surface area contributed by atoms with Crippen LogP contribution in [0.5, 0.6) is 11.5 Å². The zero-order valence-corrected chi connectivity index (χ0v) is 12.9. The van der Waals surface area contributed by atoms with Gasteiger partial charge in [0.2, 0.25) is 0 Å². The van der Waals surface area contributed by atoms with Gasteiger partial charge in [0.05, 0.1) is 25.5 Å². The van der Waals surface area contributed by atoms with E-state index in [4.69, 9.17) is 13.9 Å². The maximum atomic E-state index is 12.1. The van der Waals surface area contributed by atoms with Crippen molar-refractivity contribution < 1.29 is 23.5 Å². The Balaban J connectivity index is 2.00. The van der Waals surface area contributed by atoms with E-state index in [-0.39, 0.29) is 0 Å². The van der Waals surface area contributed by atoms with Crippen molar-refractivity contribution in [3.8, 4) is 11.5 Å². The van der Waals surface area contributed by atoms with Crippen LogP contribution in [0.25, 0.3) is 0 Å². The molecule has 2 amide bonds. The molecule has 2 N–H and O–H groups in total. The van der Waals surface area contributed by atoms with Gasteiger partial charge >= 0.3 is 0 Å². The quantitative estimate of drug-likeness (QED) is 0.797. The van der Waals surface area contributed by atoms with Gasteiger partial charge in [0, 0.05) is 5.56 Å². The zero-order chi connectivity index (χ0) is 16.7. The van der Waals surface area contributed by atoms with Crippen LogP contribution in [0.3, 0.4) is 0 Å². The summed E-state index contributed by atoms with van der Waals surface area (Å²) in [4.78, 5) is 23.8. The molecular weight excluding hydrogens is 300 g/mol. The number of methoxy groups -OCH3 is 1. The number of hydrazine groups is 1. The first kappa shape index (κ1) is 16.4. The lowest BCUT2D eigenvalue weighted by molar-refractivity contribution is 0.0846. The van der Waals surface area contributed by atoms with E-state index in [1.165, 1.54) is 25.7 Å². The first-order valence-corrected chi connectivity index (χ1v) is 7.09. The molecule has 1 heterocycles. The molecule has 0 saturated heterocycles. The van der Waals surface area contributed by atoms with Crippen molar-refractivity contribution in [1.29, 1.82) is 0 Å².